The van der Waals surface area contributed by atoms with Gasteiger partial charge in [-0.3, -0.25) is 0 Å². The summed E-state index contributed by atoms with van der Waals surface area (Å²) in [5.74, 6) is 0.523. The van der Waals surface area contributed by atoms with Crippen molar-refractivity contribution in [2.75, 3.05) is 13.4 Å². The minimum Gasteiger partial charge on any atom is -0.467 e. The molecule has 0 radical (unpaired) electrons. The Balaban J connectivity index is 2.46. The van der Waals surface area contributed by atoms with Gasteiger partial charge in [0.05, 0.1) is 0 Å². The molecule has 0 aliphatic carbocycles. The third kappa shape index (κ3) is 5.41. The first-order chi connectivity index (χ1) is 7.92. The number of halogens is 4. The SMILES string of the molecule is Cc1ccc(OCOCC(F)(F)F)c(CBr)c1. The Morgan fingerprint density at radius 3 is 2.59 bits per heavy atom. The Labute approximate surface area is 106 Å². The summed E-state index contributed by atoms with van der Waals surface area (Å²) in [6, 6.07) is 5.43. The van der Waals surface area contributed by atoms with Crippen LogP contribution in [0.1, 0.15) is 11.1 Å². The van der Waals surface area contributed by atoms with Gasteiger partial charge in [0.25, 0.3) is 0 Å². The molecule has 0 aliphatic heterocycles. The van der Waals surface area contributed by atoms with E-state index in [4.69, 9.17) is 4.74 Å². The normalized spacial score (nSPS) is 11.6. The maximum atomic E-state index is 11.8. The lowest BCUT2D eigenvalue weighted by Crippen LogP contribution is -2.19. The summed E-state index contributed by atoms with van der Waals surface area (Å²) >= 11 is 3.28. The van der Waals surface area contributed by atoms with Crippen molar-refractivity contribution >= 4 is 15.9 Å². The minimum atomic E-state index is -4.32. The van der Waals surface area contributed by atoms with Crippen LogP contribution in [0.15, 0.2) is 18.2 Å². The number of ether oxygens (including phenoxy) is 2. The number of rotatable bonds is 5. The van der Waals surface area contributed by atoms with Crippen molar-refractivity contribution in [1.29, 1.82) is 0 Å². The first-order valence-corrected chi connectivity index (χ1v) is 5.97. The van der Waals surface area contributed by atoms with E-state index in [2.05, 4.69) is 20.7 Å². The second-order valence-electron chi connectivity index (χ2n) is 3.47. The second kappa shape index (κ2) is 6.26. The zero-order chi connectivity index (χ0) is 12.9. The highest BCUT2D eigenvalue weighted by Gasteiger charge is 2.27. The standard InChI is InChI=1S/C11H12BrF3O2/c1-8-2-3-10(9(4-8)5-12)17-7-16-6-11(13,14)15/h2-4H,5-7H2,1H3. The third-order valence-corrected chi connectivity index (χ3v) is 2.53. The van der Waals surface area contributed by atoms with Gasteiger partial charge < -0.3 is 9.47 Å². The van der Waals surface area contributed by atoms with Crippen LogP contribution in [-0.2, 0) is 10.1 Å². The summed E-state index contributed by atoms with van der Waals surface area (Å²) in [7, 11) is 0. The van der Waals surface area contributed by atoms with Crippen LogP contribution in [0, 0.1) is 6.92 Å². The number of benzene rings is 1. The summed E-state index contributed by atoms with van der Waals surface area (Å²) in [6.45, 7) is 0.209. The Kier molecular flexibility index (Phi) is 5.27. The highest BCUT2D eigenvalue weighted by atomic mass is 79.9. The summed E-state index contributed by atoms with van der Waals surface area (Å²) in [5.41, 5.74) is 1.93. The Morgan fingerprint density at radius 1 is 1.29 bits per heavy atom. The number of aryl methyl sites for hydroxylation is 1. The Bertz CT molecular complexity index is 366. The van der Waals surface area contributed by atoms with Crippen LogP contribution in [0.5, 0.6) is 5.75 Å². The number of alkyl halides is 4. The van der Waals surface area contributed by atoms with Crippen LogP contribution in [0.2, 0.25) is 0 Å². The topological polar surface area (TPSA) is 18.5 Å². The van der Waals surface area contributed by atoms with E-state index < -0.39 is 19.6 Å². The highest BCUT2D eigenvalue weighted by molar-refractivity contribution is 9.08. The zero-order valence-corrected chi connectivity index (χ0v) is 10.8. The van der Waals surface area contributed by atoms with Gasteiger partial charge in [-0.15, -0.1) is 0 Å². The molecule has 0 amide bonds. The van der Waals surface area contributed by atoms with E-state index in [0.717, 1.165) is 11.1 Å². The monoisotopic (exact) mass is 312 g/mol. The number of hydrogen-bond acceptors (Lipinski definition) is 2. The van der Waals surface area contributed by atoms with Gasteiger partial charge in [-0.05, 0) is 13.0 Å². The van der Waals surface area contributed by atoms with Gasteiger partial charge in [0, 0.05) is 10.9 Å². The second-order valence-corrected chi connectivity index (χ2v) is 4.03. The molecule has 96 valence electrons. The molecule has 6 heteroatoms. The Morgan fingerprint density at radius 2 is 2.00 bits per heavy atom. The maximum absolute atomic E-state index is 11.8. The van der Waals surface area contributed by atoms with Crippen LogP contribution in [-0.4, -0.2) is 19.6 Å². The molecule has 17 heavy (non-hydrogen) atoms. The largest absolute Gasteiger partial charge is 0.467 e. The zero-order valence-electron chi connectivity index (χ0n) is 9.18. The molecule has 0 fully saturated rings. The lowest BCUT2D eigenvalue weighted by atomic mass is 10.1. The molecular formula is C11H12BrF3O2. The van der Waals surface area contributed by atoms with E-state index in [9.17, 15) is 13.2 Å². The summed E-state index contributed by atoms with van der Waals surface area (Å²) in [5, 5.41) is 0.573. The molecular weight excluding hydrogens is 301 g/mol. The van der Waals surface area contributed by atoms with Gasteiger partial charge in [-0.25, -0.2) is 0 Å². The molecule has 2 nitrogen and oxygen atoms in total. The molecule has 0 spiro atoms. The van der Waals surface area contributed by atoms with Crippen LogP contribution in [0.25, 0.3) is 0 Å². The molecule has 0 saturated carbocycles. The summed E-state index contributed by atoms with van der Waals surface area (Å²) in [4.78, 5) is 0. The predicted octanol–water partition coefficient (Wildman–Crippen LogP) is 3.81. The molecule has 0 bridgehead atoms. The average molecular weight is 313 g/mol. The fraction of sp³-hybridized carbons (Fsp3) is 0.455. The summed E-state index contributed by atoms with van der Waals surface area (Å²) in [6.07, 6.45) is -4.32. The maximum Gasteiger partial charge on any atom is 0.411 e. The van der Waals surface area contributed by atoms with E-state index in [1.165, 1.54) is 0 Å². The van der Waals surface area contributed by atoms with Crippen LogP contribution in [0.4, 0.5) is 13.2 Å². The minimum absolute atomic E-state index is 0.414. The van der Waals surface area contributed by atoms with Crippen molar-refractivity contribution < 1.29 is 22.6 Å². The van der Waals surface area contributed by atoms with E-state index in [-0.39, 0.29) is 0 Å². The van der Waals surface area contributed by atoms with Crippen molar-refractivity contribution in [3.63, 3.8) is 0 Å². The van der Waals surface area contributed by atoms with E-state index in [1.807, 2.05) is 19.1 Å². The molecule has 1 aromatic rings. The van der Waals surface area contributed by atoms with Crippen LogP contribution >= 0.6 is 15.9 Å². The third-order valence-electron chi connectivity index (χ3n) is 1.92. The van der Waals surface area contributed by atoms with Gasteiger partial charge in [0.15, 0.2) is 6.79 Å². The smallest absolute Gasteiger partial charge is 0.411 e. The lowest BCUT2D eigenvalue weighted by Gasteiger charge is -2.12. The molecule has 0 aliphatic rings. The van der Waals surface area contributed by atoms with Crippen molar-refractivity contribution in [3.05, 3.63) is 29.3 Å². The first kappa shape index (κ1) is 14.3. The van der Waals surface area contributed by atoms with Gasteiger partial charge in [0.1, 0.15) is 12.4 Å². The van der Waals surface area contributed by atoms with Gasteiger partial charge >= 0.3 is 6.18 Å². The molecule has 0 N–H and O–H groups in total. The van der Waals surface area contributed by atoms with Crippen molar-refractivity contribution in [3.8, 4) is 5.75 Å². The molecule has 0 unspecified atom stereocenters. The fourth-order valence-electron chi connectivity index (χ4n) is 1.22. The van der Waals surface area contributed by atoms with Crippen molar-refractivity contribution in [2.45, 2.75) is 18.4 Å². The van der Waals surface area contributed by atoms with E-state index in [0.29, 0.717) is 11.1 Å². The molecule has 1 rings (SSSR count). The van der Waals surface area contributed by atoms with Gasteiger partial charge in [-0.2, -0.15) is 13.2 Å². The van der Waals surface area contributed by atoms with Gasteiger partial charge in [-0.1, -0.05) is 33.6 Å². The van der Waals surface area contributed by atoms with Crippen LogP contribution < -0.4 is 4.74 Å². The van der Waals surface area contributed by atoms with Crippen LogP contribution in [0.3, 0.4) is 0 Å². The summed E-state index contributed by atoms with van der Waals surface area (Å²) < 4.78 is 44.9. The fourth-order valence-corrected chi connectivity index (χ4v) is 1.65. The molecule has 0 atom stereocenters. The van der Waals surface area contributed by atoms with E-state index >= 15 is 0 Å². The van der Waals surface area contributed by atoms with E-state index in [1.54, 1.807) is 6.07 Å². The lowest BCUT2D eigenvalue weighted by molar-refractivity contribution is -0.186. The average Bonchev–Trinajstić information content (AvgIpc) is 2.24. The molecule has 1 aromatic carbocycles. The van der Waals surface area contributed by atoms with Gasteiger partial charge in [0.2, 0.25) is 0 Å². The van der Waals surface area contributed by atoms with Crippen molar-refractivity contribution in [2.24, 2.45) is 0 Å². The number of hydrogen-bond donors (Lipinski definition) is 0. The first-order valence-electron chi connectivity index (χ1n) is 4.85. The Hall–Kier alpha value is -0.750. The highest BCUT2D eigenvalue weighted by Crippen LogP contribution is 2.22. The molecule has 0 aromatic heterocycles. The van der Waals surface area contributed by atoms with Crippen molar-refractivity contribution in [1.82, 2.24) is 0 Å². The quantitative estimate of drug-likeness (QED) is 0.468. The molecule has 0 heterocycles. The predicted molar refractivity (Wildman–Crippen MR) is 61.3 cm³/mol. The molecule has 0 saturated heterocycles.